The highest BCUT2D eigenvalue weighted by molar-refractivity contribution is 14.0. The predicted octanol–water partition coefficient (Wildman–Crippen LogP) is 0.925. The van der Waals surface area contributed by atoms with E-state index in [2.05, 4.69) is 25.4 Å². The van der Waals surface area contributed by atoms with Crippen molar-refractivity contribution in [3.05, 3.63) is 0 Å². The molecule has 1 rings (SSSR count). The molecule has 2 N–H and O–H groups in total. The lowest BCUT2D eigenvalue weighted by molar-refractivity contribution is -0.123. The van der Waals surface area contributed by atoms with Gasteiger partial charge < -0.3 is 15.5 Å². The van der Waals surface area contributed by atoms with Gasteiger partial charge >= 0.3 is 0 Å². The van der Waals surface area contributed by atoms with Gasteiger partial charge in [0.2, 0.25) is 5.91 Å². The Kier molecular flexibility index (Phi) is 11.9. The van der Waals surface area contributed by atoms with E-state index in [-0.39, 0.29) is 48.2 Å². The van der Waals surface area contributed by atoms with Crippen LogP contribution < -0.4 is 10.6 Å². The molecule has 0 spiro atoms. The van der Waals surface area contributed by atoms with E-state index in [0.717, 1.165) is 38.7 Å². The molecule has 1 amide bonds. The van der Waals surface area contributed by atoms with E-state index >= 15 is 0 Å². The third kappa shape index (κ3) is 9.25. The van der Waals surface area contributed by atoms with E-state index in [0.29, 0.717) is 6.54 Å². The van der Waals surface area contributed by atoms with Crippen LogP contribution in [0.3, 0.4) is 0 Å². The quantitative estimate of drug-likeness (QED) is 0.289. The molecule has 0 aliphatic carbocycles. The average molecular weight is 532 g/mol. The van der Waals surface area contributed by atoms with Crippen molar-refractivity contribution in [1.82, 2.24) is 20.4 Å². The second-order valence-corrected chi connectivity index (χ2v) is 11.0. The van der Waals surface area contributed by atoms with Gasteiger partial charge in [0.05, 0.1) is 23.6 Å². The topological polar surface area (TPSA) is 94.1 Å². The molecule has 166 valence electrons. The van der Waals surface area contributed by atoms with Gasteiger partial charge in [-0.05, 0) is 41.5 Å². The lowest BCUT2D eigenvalue weighted by Gasteiger charge is -2.36. The van der Waals surface area contributed by atoms with Crippen LogP contribution in [0, 0.1) is 0 Å². The second-order valence-electron chi connectivity index (χ2n) is 8.15. The van der Waals surface area contributed by atoms with E-state index in [1.54, 1.807) is 20.8 Å². The number of amides is 1. The molecule has 0 aromatic carbocycles. The summed E-state index contributed by atoms with van der Waals surface area (Å²) in [5, 5.41) is 6.15. The van der Waals surface area contributed by atoms with Crippen molar-refractivity contribution in [2.75, 3.05) is 51.6 Å². The van der Waals surface area contributed by atoms with E-state index < -0.39 is 14.6 Å². The number of carbonyl (C=O) groups excluding carboxylic acids is 1. The summed E-state index contributed by atoms with van der Waals surface area (Å²) in [7, 11) is -3.18. The number of hydrogen-bond acceptors (Lipinski definition) is 5. The predicted molar refractivity (Wildman–Crippen MR) is 126 cm³/mol. The maximum atomic E-state index is 12.2. The van der Waals surface area contributed by atoms with Crippen LogP contribution >= 0.6 is 24.0 Å². The van der Waals surface area contributed by atoms with E-state index in [9.17, 15) is 13.2 Å². The Bertz CT molecular complexity index is 609. The average Bonchev–Trinajstić information content (AvgIpc) is 2.53. The summed E-state index contributed by atoms with van der Waals surface area (Å²) in [6, 6.07) is 0.149. The molecule has 0 aromatic heterocycles. The first kappa shape index (κ1) is 27.4. The Labute approximate surface area is 187 Å². The van der Waals surface area contributed by atoms with Gasteiger partial charge in [-0.3, -0.25) is 14.7 Å². The van der Waals surface area contributed by atoms with Crippen molar-refractivity contribution in [2.45, 2.75) is 52.3 Å². The number of guanidine groups is 1. The van der Waals surface area contributed by atoms with Gasteiger partial charge in [0.15, 0.2) is 15.8 Å². The van der Waals surface area contributed by atoms with Gasteiger partial charge in [-0.2, -0.15) is 0 Å². The van der Waals surface area contributed by atoms with Gasteiger partial charge in [-0.25, -0.2) is 8.42 Å². The first-order valence-corrected chi connectivity index (χ1v) is 11.4. The summed E-state index contributed by atoms with van der Waals surface area (Å²) < 4.78 is 23.7. The van der Waals surface area contributed by atoms with Crippen molar-refractivity contribution >= 4 is 45.7 Å². The largest absolute Gasteiger partial charge is 0.357 e. The molecule has 0 radical (unpaired) electrons. The van der Waals surface area contributed by atoms with E-state index in [1.165, 1.54) is 0 Å². The fourth-order valence-corrected chi connectivity index (χ4v) is 3.64. The normalized spacial score (nSPS) is 16.7. The molecule has 0 atom stereocenters. The van der Waals surface area contributed by atoms with Gasteiger partial charge in [0.1, 0.15) is 0 Å². The number of piperazine rings is 1. The van der Waals surface area contributed by atoms with Crippen molar-refractivity contribution in [1.29, 1.82) is 0 Å². The third-order valence-electron chi connectivity index (χ3n) is 4.38. The highest BCUT2D eigenvalue weighted by atomic mass is 127. The molecule has 1 saturated heterocycles. The monoisotopic (exact) mass is 531 g/mol. The summed E-state index contributed by atoms with van der Waals surface area (Å²) in [4.78, 5) is 20.7. The standard InChI is InChI=1S/C18H37N5O3S.HI/c1-7-19-17(20-8-13-27(25,26)18(4,5)6)23-11-9-22(10-12-23)14-16(24)21-15(2)3;/h15H,7-14H2,1-6H3,(H,19,20)(H,21,24);1H. The van der Waals surface area contributed by atoms with Crippen LogP contribution in [0.1, 0.15) is 41.5 Å². The van der Waals surface area contributed by atoms with Crippen LogP contribution in [0.15, 0.2) is 4.99 Å². The Balaban J connectivity index is 0.00000729. The number of carbonyl (C=O) groups is 1. The molecule has 1 heterocycles. The van der Waals surface area contributed by atoms with Crippen LogP contribution in [-0.2, 0) is 14.6 Å². The molecule has 0 unspecified atom stereocenters. The molecular weight excluding hydrogens is 493 g/mol. The number of aliphatic imine (C=N–C) groups is 1. The molecule has 0 bridgehead atoms. The summed E-state index contributed by atoms with van der Waals surface area (Å²) in [5.74, 6) is 0.833. The molecule has 1 aliphatic heterocycles. The minimum absolute atomic E-state index is 0. The van der Waals surface area contributed by atoms with E-state index in [4.69, 9.17) is 0 Å². The van der Waals surface area contributed by atoms with Crippen LogP contribution in [0.4, 0.5) is 0 Å². The minimum Gasteiger partial charge on any atom is -0.357 e. The highest BCUT2D eigenvalue weighted by Crippen LogP contribution is 2.15. The van der Waals surface area contributed by atoms with Crippen molar-refractivity contribution in [2.24, 2.45) is 4.99 Å². The lowest BCUT2D eigenvalue weighted by atomic mass is 10.3. The molecular formula is C18H38IN5O3S. The maximum absolute atomic E-state index is 12.2. The zero-order valence-electron chi connectivity index (χ0n) is 18.1. The number of hydrogen-bond donors (Lipinski definition) is 2. The smallest absolute Gasteiger partial charge is 0.234 e. The van der Waals surface area contributed by atoms with Crippen LogP contribution in [-0.4, -0.2) is 92.4 Å². The molecule has 0 aromatic rings. The zero-order valence-corrected chi connectivity index (χ0v) is 21.3. The fraction of sp³-hybridized carbons (Fsp3) is 0.889. The first-order chi connectivity index (χ1) is 12.5. The Morgan fingerprint density at radius 2 is 1.71 bits per heavy atom. The molecule has 1 aliphatic rings. The summed E-state index contributed by atoms with van der Waals surface area (Å²) in [6.07, 6.45) is 0. The molecule has 28 heavy (non-hydrogen) atoms. The summed E-state index contributed by atoms with van der Waals surface area (Å²) in [6.45, 7) is 15.5. The summed E-state index contributed by atoms with van der Waals surface area (Å²) in [5.41, 5.74) is 0. The first-order valence-electron chi connectivity index (χ1n) is 9.73. The Morgan fingerprint density at radius 1 is 1.14 bits per heavy atom. The van der Waals surface area contributed by atoms with Crippen molar-refractivity contribution in [3.8, 4) is 0 Å². The second kappa shape index (κ2) is 12.2. The number of rotatable bonds is 7. The maximum Gasteiger partial charge on any atom is 0.234 e. The number of halogens is 1. The summed E-state index contributed by atoms with van der Waals surface area (Å²) >= 11 is 0. The highest BCUT2D eigenvalue weighted by Gasteiger charge is 2.28. The molecule has 10 heteroatoms. The minimum atomic E-state index is -3.18. The molecule has 8 nitrogen and oxygen atoms in total. The van der Waals surface area contributed by atoms with Crippen molar-refractivity contribution < 1.29 is 13.2 Å². The molecule has 0 saturated carbocycles. The van der Waals surface area contributed by atoms with Gasteiger partial charge in [-0.15, -0.1) is 24.0 Å². The van der Waals surface area contributed by atoms with Gasteiger partial charge in [-0.1, -0.05) is 0 Å². The lowest BCUT2D eigenvalue weighted by Crippen LogP contribution is -2.54. The Morgan fingerprint density at radius 3 is 2.18 bits per heavy atom. The Hall–Kier alpha value is -0.620. The molecule has 1 fully saturated rings. The van der Waals surface area contributed by atoms with Crippen molar-refractivity contribution in [3.63, 3.8) is 0 Å². The van der Waals surface area contributed by atoms with Crippen LogP contribution in [0.2, 0.25) is 0 Å². The number of sulfone groups is 1. The third-order valence-corrected chi connectivity index (χ3v) is 6.96. The van der Waals surface area contributed by atoms with Gasteiger partial charge in [0, 0.05) is 38.8 Å². The van der Waals surface area contributed by atoms with Gasteiger partial charge in [0.25, 0.3) is 0 Å². The van der Waals surface area contributed by atoms with E-state index in [1.807, 2.05) is 20.8 Å². The SMILES string of the molecule is CCNC(=NCCS(=O)(=O)C(C)(C)C)N1CCN(CC(=O)NC(C)C)CC1.I. The van der Waals surface area contributed by atoms with Crippen LogP contribution in [0.5, 0.6) is 0 Å². The number of nitrogens with zero attached hydrogens (tertiary/aromatic N) is 3. The fourth-order valence-electron chi connectivity index (χ4n) is 2.69. The zero-order chi connectivity index (χ0) is 20.7. The number of nitrogens with one attached hydrogen (secondary N) is 2. The van der Waals surface area contributed by atoms with Crippen LogP contribution in [0.25, 0.3) is 0 Å².